The van der Waals surface area contributed by atoms with Crippen LogP contribution in [0.5, 0.6) is 0 Å². The molecule has 2 heterocycles. The Hall–Kier alpha value is -1.72. The van der Waals surface area contributed by atoms with Crippen molar-refractivity contribution < 1.29 is 0 Å². The average molecular weight is 559 g/mol. The maximum absolute atomic E-state index is 4.20. The molecule has 232 valence electrons. The molecule has 6 heteroatoms. The lowest BCUT2D eigenvalue weighted by Crippen LogP contribution is -2.07. The molecule has 40 heavy (non-hydrogen) atoms. The quantitative estimate of drug-likeness (QED) is 0.135. The van der Waals surface area contributed by atoms with Gasteiger partial charge in [0.25, 0.3) is 0 Å². The predicted molar refractivity (Wildman–Crippen MR) is 171 cm³/mol. The van der Waals surface area contributed by atoms with Crippen molar-refractivity contribution in [2.24, 2.45) is 23.7 Å². The Bertz CT molecular complexity index is 752. The van der Waals surface area contributed by atoms with E-state index in [4.69, 9.17) is 0 Å². The molecule has 0 spiro atoms. The normalized spacial score (nSPS) is 11.7. The van der Waals surface area contributed by atoms with Gasteiger partial charge in [-0.2, -0.15) is 0 Å². The summed E-state index contributed by atoms with van der Waals surface area (Å²) in [5, 5.41) is 16.5. The molecule has 0 aliphatic carbocycles. The van der Waals surface area contributed by atoms with Gasteiger partial charge in [0, 0.05) is 13.1 Å². The minimum atomic E-state index is 0.730. The first kappa shape index (κ1) is 36.3. The Balaban J connectivity index is 0.000000400. The molecule has 0 aromatic carbocycles. The second-order valence-corrected chi connectivity index (χ2v) is 13.7. The summed E-state index contributed by atoms with van der Waals surface area (Å²) in [4.78, 5) is 0. The largest absolute Gasteiger partial charge is 0.249 e. The van der Waals surface area contributed by atoms with E-state index in [1.54, 1.807) is 0 Å². The zero-order chi connectivity index (χ0) is 29.6. The van der Waals surface area contributed by atoms with E-state index in [1.165, 1.54) is 101 Å². The highest BCUT2D eigenvalue weighted by Gasteiger charge is 2.06. The molecule has 0 bridgehead atoms. The Labute approximate surface area is 248 Å². The van der Waals surface area contributed by atoms with Gasteiger partial charge in [0.05, 0.1) is 23.8 Å². The molecule has 2 rings (SSSR count). The first-order valence-electron chi connectivity index (χ1n) is 16.9. The van der Waals surface area contributed by atoms with Crippen LogP contribution in [0.25, 0.3) is 0 Å². The van der Waals surface area contributed by atoms with E-state index in [9.17, 15) is 0 Å². The van der Waals surface area contributed by atoms with Crippen LogP contribution < -0.4 is 0 Å². The molecule has 0 radical (unpaired) electrons. The monoisotopic (exact) mass is 559 g/mol. The van der Waals surface area contributed by atoms with Crippen molar-refractivity contribution in [1.82, 2.24) is 30.0 Å². The van der Waals surface area contributed by atoms with Gasteiger partial charge < -0.3 is 0 Å². The molecule has 0 saturated heterocycles. The summed E-state index contributed by atoms with van der Waals surface area (Å²) in [6, 6.07) is 0. The van der Waals surface area contributed by atoms with Crippen LogP contribution in [0.15, 0.2) is 12.4 Å². The van der Waals surface area contributed by atoms with Gasteiger partial charge in [0.2, 0.25) is 0 Å². The smallest absolute Gasteiger partial charge is 0.0725 e. The number of hydrogen-bond acceptors (Lipinski definition) is 4. The molecule has 2 aromatic heterocycles. The molecular weight excluding hydrogens is 492 g/mol. The Morgan fingerprint density at radius 2 is 0.775 bits per heavy atom. The van der Waals surface area contributed by atoms with Crippen molar-refractivity contribution >= 4 is 0 Å². The second kappa shape index (κ2) is 22.9. The van der Waals surface area contributed by atoms with Crippen molar-refractivity contribution in [3.63, 3.8) is 0 Å². The standard InChI is InChI=1S/2C17H33N3/c2*1-15(2)10-8-6-5-7-9-11-17-14-18-19-20(17)13-12-16(3)4/h2*14-16H,5-13H2,1-4H3. The molecule has 0 saturated carbocycles. The third-order valence-corrected chi connectivity index (χ3v) is 7.66. The third kappa shape index (κ3) is 19.4. The van der Waals surface area contributed by atoms with Crippen molar-refractivity contribution in [1.29, 1.82) is 0 Å². The van der Waals surface area contributed by atoms with Crippen molar-refractivity contribution in [3.8, 4) is 0 Å². The van der Waals surface area contributed by atoms with E-state index in [1.807, 2.05) is 12.4 Å². The maximum Gasteiger partial charge on any atom is 0.0725 e. The van der Waals surface area contributed by atoms with E-state index < -0.39 is 0 Å². The average Bonchev–Trinajstić information content (AvgIpc) is 3.54. The van der Waals surface area contributed by atoms with Gasteiger partial charge in [0.15, 0.2) is 0 Å². The highest BCUT2D eigenvalue weighted by Crippen LogP contribution is 2.14. The fourth-order valence-electron chi connectivity index (χ4n) is 4.86. The minimum Gasteiger partial charge on any atom is -0.249 e. The highest BCUT2D eigenvalue weighted by molar-refractivity contribution is 4.94. The van der Waals surface area contributed by atoms with Crippen LogP contribution in [0.1, 0.15) is 157 Å². The van der Waals surface area contributed by atoms with Crippen LogP contribution >= 0.6 is 0 Å². The van der Waals surface area contributed by atoms with Gasteiger partial charge in [0.1, 0.15) is 0 Å². The Morgan fingerprint density at radius 1 is 0.450 bits per heavy atom. The van der Waals surface area contributed by atoms with Gasteiger partial charge in [-0.1, -0.05) is 130 Å². The molecule has 0 N–H and O–H groups in total. The Morgan fingerprint density at radius 3 is 1.12 bits per heavy atom. The SMILES string of the molecule is CC(C)CCCCCCCc1cnnn1CCC(C)C.CC(C)CCCCCCCc1cnnn1CCC(C)C. The lowest BCUT2D eigenvalue weighted by molar-refractivity contribution is 0.462. The van der Waals surface area contributed by atoms with Gasteiger partial charge in [-0.3, -0.25) is 0 Å². The number of nitrogens with zero attached hydrogens (tertiary/aromatic N) is 6. The number of hydrogen-bond donors (Lipinski definition) is 0. The van der Waals surface area contributed by atoms with E-state index in [-0.39, 0.29) is 0 Å². The molecule has 0 aliphatic rings. The van der Waals surface area contributed by atoms with Crippen molar-refractivity contribution in [2.45, 2.75) is 171 Å². The second-order valence-electron chi connectivity index (χ2n) is 13.7. The first-order chi connectivity index (χ1) is 19.2. The summed E-state index contributed by atoms with van der Waals surface area (Å²) >= 11 is 0. The fraction of sp³-hybridized carbons (Fsp3) is 0.882. The van der Waals surface area contributed by atoms with Crippen LogP contribution in [0.2, 0.25) is 0 Å². The molecule has 0 unspecified atom stereocenters. The summed E-state index contributed by atoms with van der Waals surface area (Å²) in [5.41, 5.74) is 2.63. The van der Waals surface area contributed by atoms with Crippen LogP contribution in [-0.2, 0) is 25.9 Å². The fourth-order valence-corrected chi connectivity index (χ4v) is 4.86. The summed E-state index contributed by atoms with van der Waals surface area (Å²) in [6.07, 6.45) is 24.8. The van der Waals surface area contributed by atoms with Gasteiger partial charge in [-0.15, -0.1) is 10.2 Å². The van der Waals surface area contributed by atoms with Gasteiger partial charge >= 0.3 is 0 Å². The molecule has 6 nitrogen and oxygen atoms in total. The van der Waals surface area contributed by atoms with Crippen LogP contribution in [-0.4, -0.2) is 30.0 Å². The topological polar surface area (TPSA) is 61.4 Å². The zero-order valence-corrected chi connectivity index (χ0v) is 27.9. The van der Waals surface area contributed by atoms with E-state index in [0.29, 0.717) is 0 Å². The molecule has 0 fully saturated rings. The van der Waals surface area contributed by atoms with Crippen molar-refractivity contribution in [3.05, 3.63) is 23.8 Å². The highest BCUT2D eigenvalue weighted by atomic mass is 15.4. The summed E-state index contributed by atoms with van der Waals surface area (Å²) in [7, 11) is 0. The number of rotatable bonds is 22. The molecule has 2 aromatic rings. The summed E-state index contributed by atoms with van der Waals surface area (Å²) in [5.74, 6) is 3.17. The van der Waals surface area contributed by atoms with Crippen LogP contribution in [0.4, 0.5) is 0 Å². The molecule has 0 atom stereocenters. The first-order valence-corrected chi connectivity index (χ1v) is 16.9. The summed E-state index contributed by atoms with van der Waals surface area (Å²) in [6.45, 7) is 20.3. The lowest BCUT2D eigenvalue weighted by Gasteiger charge is -2.08. The lowest BCUT2D eigenvalue weighted by atomic mass is 10.0. The van der Waals surface area contributed by atoms with Crippen LogP contribution in [0.3, 0.4) is 0 Å². The Kier molecular flexibility index (Phi) is 20.8. The maximum atomic E-state index is 4.20. The van der Waals surface area contributed by atoms with Gasteiger partial charge in [-0.25, -0.2) is 9.36 Å². The van der Waals surface area contributed by atoms with E-state index in [0.717, 1.165) is 49.6 Å². The van der Waals surface area contributed by atoms with E-state index in [2.05, 4.69) is 85.4 Å². The molecule has 0 aliphatic heterocycles. The number of unbranched alkanes of at least 4 members (excludes halogenated alkanes) is 8. The predicted octanol–water partition coefficient (Wildman–Crippen LogP) is 9.73. The molecular formula is C34H66N6. The summed E-state index contributed by atoms with van der Waals surface area (Å²) < 4.78 is 4.19. The number of aryl methyl sites for hydroxylation is 4. The van der Waals surface area contributed by atoms with E-state index >= 15 is 0 Å². The van der Waals surface area contributed by atoms with Gasteiger partial charge in [-0.05, 0) is 62.2 Å². The molecule has 0 amide bonds. The van der Waals surface area contributed by atoms with Crippen LogP contribution in [0, 0.1) is 23.7 Å². The minimum absolute atomic E-state index is 0.730. The van der Waals surface area contributed by atoms with Crippen molar-refractivity contribution in [2.75, 3.05) is 0 Å². The zero-order valence-electron chi connectivity index (χ0n) is 27.9. The number of aromatic nitrogens is 6. The third-order valence-electron chi connectivity index (χ3n) is 7.66.